The molecule has 11 rings (SSSR count). The maximum absolute atomic E-state index is 12.5. The monoisotopic (exact) mass is 988 g/mol. The van der Waals surface area contributed by atoms with E-state index < -0.39 is 5.97 Å². The highest BCUT2D eigenvalue weighted by Crippen LogP contribution is 2.43. The number of hydrogen-bond donors (Lipinski definition) is 3. The zero-order valence-electron chi connectivity index (χ0n) is 42.7. The van der Waals surface area contributed by atoms with Gasteiger partial charge in [-0.05, 0) is 152 Å². The summed E-state index contributed by atoms with van der Waals surface area (Å²) in [5.74, 6) is 1.01. The van der Waals surface area contributed by atoms with Gasteiger partial charge in [0.2, 0.25) is 5.89 Å². The van der Waals surface area contributed by atoms with Crippen LogP contribution in [0.4, 0.5) is 5.69 Å². The molecule has 0 bridgehead atoms. The minimum atomic E-state index is -0.795. The number of allylic oxidation sites excluding steroid dienone is 6. The Kier molecular flexibility index (Phi) is 15.4. The molecule has 1 saturated heterocycles. The minimum absolute atomic E-state index is 0.0859. The second kappa shape index (κ2) is 22.2. The van der Waals surface area contributed by atoms with Crippen LogP contribution in [0.2, 0.25) is 0 Å². The number of anilines is 1. The summed E-state index contributed by atoms with van der Waals surface area (Å²) in [6, 6.07) is 15.5. The standard InChI is InChI=1S/C19H22N4O2.C19H18N2O3.C19H24N2O3/c1-11-9-12(2)23(22-11)19-20-15(7-8-17(24)25)18-14-6-4-3-5-13(14)10-16(18)21-19;1-12-4-2-5-13(10-12)19-21-15-11-14(7-8-16(15)24-19)20-18(22)17-6-3-9-23-17;1-4-24-19(23)16-10-17(20-12(16)3)21-18(22)15-8-13-6-5-11(2)7-14(13)9-15/h9H,3-8,10H2,1-2H3,(H,24,25);2,4-5,7-8,10-11,17H,3,6,9H2,1H3,(H,20,22);9,11H,4-8,10H2,1-3H3,(H,20,21,22). The Balaban J connectivity index is 0.000000135. The number of aliphatic carboxylic acids is 1. The number of carboxylic acid groups (broad SMARTS) is 1. The van der Waals surface area contributed by atoms with Crippen molar-refractivity contribution in [3.63, 3.8) is 0 Å². The second-order valence-electron chi connectivity index (χ2n) is 19.8. The fraction of sp³-hybridized carbons (Fsp3) is 0.421. The Morgan fingerprint density at radius 2 is 1.73 bits per heavy atom. The van der Waals surface area contributed by atoms with Crippen LogP contribution < -0.4 is 10.6 Å². The Morgan fingerprint density at radius 1 is 0.890 bits per heavy atom. The number of benzene rings is 2. The lowest BCUT2D eigenvalue weighted by atomic mass is 9.86. The zero-order chi connectivity index (χ0) is 51.3. The first-order chi connectivity index (χ1) is 35.2. The molecule has 16 nitrogen and oxygen atoms in total. The minimum Gasteiger partial charge on any atom is -0.481 e. The summed E-state index contributed by atoms with van der Waals surface area (Å²) in [5, 5.41) is 19.4. The van der Waals surface area contributed by atoms with Crippen molar-refractivity contribution in [2.24, 2.45) is 10.9 Å². The van der Waals surface area contributed by atoms with Crippen molar-refractivity contribution >= 4 is 51.9 Å². The van der Waals surface area contributed by atoms with E-state index in [-0.39, 0.29) is 30.3 Å². The van der Waals surface area contributed by atoms with Gasteiger partial charge >= 0.3 is 11.9 Å². The lowest BCUT2D eigenvalue weighted by molar-refractivity contribution is -0.139. The number of fused-ring (bicyclic) bond motifs is 3. The van der Waals surface area contributed by atoms with E-state index in [1.165, 1.54) is 41.6 Å². The van der Waals surface area contributed by atoms with E-state index in [1.54, 1.807) is 18.5 Å². The molecule has 5 heterocycles. The predicted molar refractivity (Wildman–Crippen MR) is 278 cm³/mol. The summed E-state index contributed by atoms with van der Waals surface area (Å²) in [6.07, 6.45) is 13.9. The zero-order valence-corrected chi connectivity index (χ0v) is 42.7. The maximum Gasteiger partial charge on any atom is 0.336 e. The number of esters is 1. The third-order valence-corrected chi connectivity index (χ3v) is 14.1. The average molecular weight is 989 g/mol. The first-order valence-corrected chi connectivity index (χ1v) is 25.6. The molecular weight excluding hydrogens is 925 g/mol. The van der Waals surface area contributed by atoms with Gasteiger partial charge in [-0.3, -0.25) is 14.4 Å². The average Bonchev–Trinajstić information content (AvgIpc) is 4.24. The molecular formula is C57H64N8O8. The van der Waals surface area contributed by atoms with Gasteiger partial charge in [0, 0.05) is 54.0 Å². The Bertz CT molecular complexity index is 3160. The van der Waals surface area contributed by atoms with Crippen LogP contribution in [0.1, 0.15) is 132 Å². The topological polar surface area (TPSA) is 213 Å². The summed E-state index contributed by atoms with van der Waals surface area (Å²) >= 11 is 0. The molecule has 3 N–H and O–H groups in total. The summed E-state index contributed by atoms with van der Waals surface area (Å²) < 4.78 is 18.0. The summed E-state index contributed by atoms with van der Waals surface area (Å²) in [6.45, 7) is 12.7. The van der Waals surface area contributed by atoms with Crippen LogP contribution in [0, 0.1) is 26.7 Å². The smallest absolute Gasteiger partial charge is 0.336 e. The number of rotatable bonds is 10. The third kappa shape index (κ3) is 11.8. The van der Waals surface area contributed by atoms with Crippen LogP contribution in [0.5, 0.6) is 0 Å². The Morgan fingerprint density at radius 3 is 2.48 bits per heavy atom. The van der Waals surface area contributed by atoms with Crippen LogP contribution >= 0.6 is 0 Å². The molecule has 2 aromatic carbocycles. The van der Waals surface area contributed by atoms with Gasteiger partial charge in [-0.2, -0.15) is 5.10 Å². The lowest BCUT2D eigenvalue weighted by Crippen LogP contribution is -2.31. The van der Waals surface area contributed by atoms with Crippen LogP contribution in [0.25, 0.3) is 34.1 Å². The first kappa shape index (κ1) is 50.6. The van der Waals surface area contributed by atoms with E-state index in [4.69, 9.17) is 29.0 Å². The van der Waals surface area contributed by atoms with E-state index >= 15 is 0 Å². The van der Waals surface area contributed by atoms with E-state index in [1.807, 2.05) is 75.4 Å². The van der Waals surface area contributed by atoms with Crippen LogP contribution in [-0.2, 0) is 41.5 Å². The molecule has 73 heavy (non-hydrogen) atoms. The molecule has 380 valence electrons. The van der Waals surface area contributed by atoms with Gasteiger partial charge in [0.05, 0.1) is 41.4 Å². The fourth-order valence-corrected chi connectivity index (χ4v) is 10.5. The Hall–Kier alpha value is -7.33. The van der Waals surface area contributed by atoms with Gasteiger partial charge in [-0.25, -0.2) is 29.4 Å². The van der Waals surface area contributed by atoms with Gasteiger partial charge in [-0.15, -0.1) is 0 Å². The van der Waals surface area contributed by atoms with E-state index in [2.05, 4.69) is 32.6 Å². The highest BCUT2D eigenvalue weighted by atomic mass is 16.5. The number of aryl methyl sites for hydroxylation is 4. The van der Waals surface area contributed by atoms with Gasteiger partial charge in [0.1, 0.15) is 17.5 Å². The molecule has 6 aliphatic rings. The number of oxazole rings is 1. The van der Waals surface area contributed by atoms with Crippen molar-refractivity contribution in [2.45, 2.75) is 138 Å². The molecule has 2 atom stereocenters. The number of carbonyl (C=O) groups excluding carboxylic acids is 3. The second-order valence-corrected chi connectivity index (χ2v) is 19.8. The van der Waals surface area contributed by atoms with Crippen molar-refractivity contribution in [3.8, 4) is 17.4 Å². The number of aromatic nitrogens is 5. The number of amides is 2. The number of carbonyl (C=O) groups is 4. The van der Waals surface area contributed by atoms with Crippen molar-refractivity contribution < 1.29 is 38.2 Å². The first-order valence-electron chi connectivity index (χ1n) is 25.6. The number of nitrogens with one attached hydrogen (secondary N) is 2. The van der Waals surface area contributed by atoms with E-state index in [0.717, 1.165) is 102 Å². The molecule has 5 aromatic rings. The molecule has 4 aliphatic carbocycles. The number of aliphatic imine (C=N–C) groups is 1. The molecule has 2 aliphatic heterocycles. The quantitative estimate of drug-likeness (QED) is 0.112. The molecule has 2 unspecified atom stereocenters. The number of hydrogen-bond acceptors (Lipinski definition) is 12. The van der Waals surface area contributed by atoms with Crippen LogP contribution in [0.15, 0.2) is 97.6 Å². The fourth-order valence-electron chi connectivity index (χ4n) is 10.5. The van der Waals surface area contributed by atoms with E-state index in [0.29, 0.717) is 72.2 Å². The molecule has 2 amide bonds. The van der Waals surface area contributed by atoms with Crippen molar-refractivity contribution in [1.82, 2.24) is 30.0 Å². The maximum atomic E-state index is 12.5. The van der Waals surface area contributed by atoms with Crippen molar-refractivity contribution in [2.75, 3.05) is 18.5 Å². The molecule has 0 radical (unpaired) electrons. The lowest BCUT2D eigenvalue weighted by Gasteiger charge is -2.19. The summed E-state index contributed by atoms with van der Waals surface area (Å²) in [5.41, 5.74) is 16.7. The normalized spacial score (nSPS) is 18.8. The highest BCUT2D eigenvalue weighted by molar-refractivity contribution is 6.11. The Labute approximate surface area is 425 Å². The highest BCUT2D eigenvalue weighted by Gasteiger charge is 2.31. The van der Waals surface area contributed by atoms with Gasteiger partial charge in [-0.1, -0.05) is 41.8 Å². The van der Waals surface area contributed by atoms with Crippen molar-refractivity contribution in [1.29, 1.82) is 0 Å². The molecule has 3 aromatic heterocycles. The summed E-state index contributed by atoms with van der Waals surface area (Å²) in [4.78, 5) is 66.0. The molecule has 0 saturated carbocycles. The van der Waals surface area contributed by atoms with Gasteiger partial charge < -0.3 is 29.6 Å². The van der Waals surface area contributed by atoms with Gasteiger partial charge in [0.25, 0.3) is 17.8 Å². The number of amidine groups is 1. The predicted octanol–water partition coefficient (Wildman–Crippen LogP) is 10.3. The largest absolute Gasteiger partial charge is 0.481 e. The number of nitrogens with zero attached hydrogens (tertiary/aromatic N) is 6. The van der Waals surface area contributed by atoms with Gasteiger partial charge in [0.15, 0.2) is 5.58 Å². The third-order valence-electron chi connectivity index (χ3n) is 14.1. The molecule has 1 fully saturated rings. The number of ether oxygens (including phenoxy) is 2. The van der Waals surface area contributed by atoms with Crippen LogP contribution in [-0.4, -0.2) is 78.7 Å². The molecule has 16 heteroatoms. The van der Waals surface area contributed by atoms with Crippen LogP contribution in [0.3, 0.4) is 0 Å². The SMILES string of the molecule is CCOC(=O)C1=C(C)N=C(NC(=O)C2=CC3=C(CCC(C)C3)C2)C1.Cc1cc(C)n(-c2nc(CCC(=O)O)c3c(n2)CC2=C3CCCC2)n1.Cc1cccc(-c2nc3cc(NC(=O)C4CCCO4)ccc3o2)c1. The summed E-state index contributed by atoms with van der Waals surface area (Å²) in [7, 11) is 0. The number of carboxylic acids is 1. The van der Waals surface area contributed by atoms with E-state index in [9.17, 15) is 19.2 Å². The molecule has 0 spiro atoms. The van der Waals surface area contributed by atoms with Crippen molar-refractivity contribution in [3.05, 3.63) is 122 Å².